The van der Waals surface area contributed by atoms with Crippen molar-refractivity contribution in [3.63, 3.8) is 0 Å². The number of carbonyl (C=O) groups is 1. The number of aliphatic hydroxyl groups excluding tert-OH is 2. The van der Waals surface area contributed by atoms with Crippen molar-refractivity contribution >= 4 is 6.29 Å². The molecule has 0 spiro atoms. The molecule has 9 atom stereocenters. The summed E-state index contributed by atoms with van der Waals surface area (Å²) in [5.74, 6) is -0.628. The minimum Gasteiger partial charge on any atom is -0.390 e. The van der Waals surface area contributed by atoms with Crippen molar-refractivity contribution in [2.24, 2.45) is 11.8 Å². The molecule has 0 aliphatic carbocycles. The van der Waals surface area contributed by atoms with Gasteiger partial charge in [-0.1, -0.05) is 26.8 Å². The van der Waals surface area contributed by atoms with Gasteiger partial charge in [-0.05, 0) is 38.2 Å². The molecule has 0 aromatic carbocycles. The van der Waals surface area contributed by atoms with Crippen molar-refractivity contribution in [3.05, 3.63) is 12.2 Å². The first-order chi connectivity index (χ1) is 14.6. The Kier molecular flexibility index (Phi) is 8.32. The van der Waals surface area contributed by atoms with Gasteiger partial charge in [-0.15, -0.1) is 0 Å². The third-order valence-corrected chi connectivity index (χ3v) is 7.12. The van der Waals surface area contributed by atoms with Gasteiger partial charge in [0.25, 0.3) is 0 Å². The van der Waals surface area contributed by atoms with E-state index in [-0.39, 0.29) is 36.3 Å². The molecule has 7 heteroatoms. The molecule has 0 amide bonds. The first kappa shape index (κ1) is 24.8. The van der Waals surface area contributed by atoms with E-state index in [2.05, 4.69) is 6.58 Å². The fourth-order valence-corrected chi connectivity index (χ4v) is 5.04. The SMILES string of the molecule is C=C(C(O)CC1O[C@H]2C[C@H]3OC(C)(C)OC[C@H]3O[C@H]2[C@H](C)[C@H]1O)[C@H](C)CCCCC=O. The largest absolute Gasteiger partial charge is 0.390 e. The number of ether oxygens (including phenoxy) is 4. The smallest absolute Gasteiger partial charge is 0.163 e. The van der Waals surface area contributed by atoms with Crippen LogP contribution in [0.2, 0.25) is 0 Å². The molecule has 0 radical (unpaired) electrons. The van der Waals surface area contributed by atoms with Crippen molar-refractivity contribution in [2.45, 2.75) is 115 Å². The molecule has 0 aromatic heterocycles. The average Bonchev–Trinajstić information content (AvgIpc) is 2.72. The number of aliphatic hydroxyl groups is 2. The Morgan fingerprint density at radius 1 is 1.23 bits per heavy atom. The maximum Gasteiger partial charge on any atom is 0.163 e. The lowest BCUT2D eigenvalue weighted by atomic mass is 9.80. The predicted molar refractivity (Wildman–Crippen MR) is 115 cm³/mol. The van der Waals surface area contributed by atoms with Crippen molar-refractivity contribution in [3.8, 4) is 0 Å². The molecule has 7 nitrogen and oxygen atoms in total. The second-order valence-corrected chi connectivity index (χ2v) is 9.98. The van der Waals surface area contributed by atoms with E-state index in [1.54, 1.807) is 0 Å². The van der Waals surface area contributed by atoms with Crippen LogP contribution >= 0.6 is 0 Å². The molecule has 31 heavy (non-hydrogen) atoms. The Bertz CT molecular complexity index is 621. The molecule has 0 aromatic rings. The summed E-state index contributed by atoms with van der Waals surface area (Å²) < 4.78 is 24.3. The van der Waals surface area contributed by atoms with Crippen LogP contribution in [0.25, 0.3) is 0 Å². The van der Waals surface area contributed by atoms with Crippen molar-refractivity contribution in [2.75, 3.05) is 6.61 Å². The van der Waals surface area contributed by atoms with E-state index in [0.29, 0.717) is 25.9 Å². The summed E-state index contributed by atoms with van der Waals surface area (Å²) in [7, 11) is 0. The van der Waals surface area contributed by atoms with Gasteiger partial charge >= 0.3 is 0 Å². The number of unbranched alkanes of at least 4 members (excludes halogenated alkanes) is 2. The molecule has 2 unspecified atom stereocenters. The van der Waals surface area contributed by atoms with Crippen LogP contribution in [0.5, 0.6) is 0 Å². The summed E-state index contributed by atoms with van der Waals surface area (Å²) >= 11 is 0. The molecule has 3 aliphatic rings. The zero-order chi connectivity index (χ0) is 22.8. The van der Waals surface area contributed by atoms with E-state index in [4.69, 9.17) is 18.9 Å². The average molecular weight is 441 g/mol. The van der Waals surface area contributed by atoms with Gasteiger partial charge in [0.05, 0.1) is 43.2 Å². The summed E-state index contributed by atoms with van der Waals surface area (Å²) in [4.78, 5) is 10.5. The second-order valence-electron chi connectivity index (χ2n) is 9.98. The summed E-state index contributed by atoms with van der Waals surface area (Å²) in [6.07, 6.45) is 2.49. The van der Waals surface area contributed by atoms with Crippen molar-refractivity contribution < 1.29 is 34.0 Å². The van der Waals surface area contributed by atoms with Crippen LogP contribution in [-0.2, 0) is 23.7 Å². The lowest BCUT2D eigenvalue weighted by Crippen LogP contribution is -2.63. The van der Waals surface area contributed by atoms with Gasteiger partial charge in [0.15, 0.2) is 5.79 Å². The van der Waals surface area contributed by atoms with Crippen molar-refractivity contribution in [1.82, 2.24) is 0 Å². The van der Waals surface area contributed by atoms with E-state index >= 15 is 0 Å². The Balaban J connectivity index is 1.56. The third-order valence-electron chi connectivity index (χ3n) is 7.12. The Hall–Kier alpha value is -0.830. The molecule has 0 saturated carbocycles. The van der Waals surface area contributed by atoms with Crippen LogP contribution in [0, 0.1) is 11.8 Å². The third kappa shape index (κ3) is 5.95. The fraction of sp³-hybridized carbons (Fsp3) is 0.875. The number of hydrogen-bond donors (Lipinski definition) is 2. The first-order valence-electron chi connectivity index (χ1n) is 11.7. The molecule has 3 aliphatic heterocycles. The molecular weight excluding hydrogens is 400 g/mol. The zero-order valence-corrected chi connectivity index (χ0v) is 19.4. The Morgan fingerprint density at radius 3 is 2.68 bits per heavy atom. The molecular formula is C24H40O7. The summed E-state index contributed by atoms with van der Waals surface area (Å²) in [6, 6.07) is 0. The van der Waals surface area contributed by atoms with Crippen LogP contribution in [0.1, 0.15) is 66.2 Å². The minimum absolute atomic E-state index is 0.112. The lowest BCUT2D eigenvalue weighted by Gasteiger charge is -2.53. The second kappa shape index (κ2) is 10.4. The zero-order valence-electron chi connectivity index (χ0n) is 19.4. The molecule has 3 fully saturated rings. The van der Waals surface area contributed by atoms with Crippen molar-refractivity contribution in [1.29, 1.82) is 0 Å². The van der Waals surface area contributed by atoms with E-state index < -0.39 is 24.1 Å². The number of aldehydes is 1. The van der Waals surface area contributed by atoms with Gasteiger partial charge in [-0.3, -0.25) is 0 Å². The monoisotopic (exact) mass is 440 g/mol. The summed E-state index contributed by atoms with van der Waals surface area (Å²) in [6.45, 7) is 12.4. The first-order valence-corrected chi connectivity index (χ1v) is 11.7. The molecule has 2 N–H and O–H groups in total. The Morgan fingerprint density at radius 2 is 1.97 bits per heavy atom. The molecule has 0 bridgehead atoms. The molecule has 3 heterocycles. The van der Waals surface area contributed by atoms with Gasteiger partial charge in [0, 0.05) is 25.2 Å². The number of hydrogen-bond acceptors (Lipinski definition) is 7. The maximum absolute atomic E-state index is 10.9. The highest BCUT2D eigenvalue weighted by Crippen LogP contribution is 2.40. The van der Waals surface area contributed by atoms with Gasteiger partial charge in [-0.2, -0.15) is 0 Å². The van der Waals surface area contributed by atoms with Gasteiger partial charge < -0.3 is 34.0 Å². The van der Waals surface area contributed by atoms with Gasteiger partial charge in [-0.25, -0.2) is 0 Å². The van der Waals surface area contributed by atoms with Gasteiger partial charge in [0.2, 0.25) is 0 Å². The summed E-state index contributed by atoms with van der Waals surface area (Å²) in [5.41, 5.74) is 0.756. The van der Waals surface area contributed by atoms with Crippen LogP contribution in [0.15, 0.2) is 12.2 Å². The quantitative estimate of drug-likeness (QED) is 0.323. The van der Waals surface area contributed by atoms with Crippen LogP contribution in [-0.4, -0.2) is 71.6 Å². The van der Waals surface area contributed by atoms with E-state index in [0.717, 1.165) is 31.1 Å². The normalized spacial score (nSPS) is 39.1. The van der Waals surface area contributed by atoms with E-state index in [9.17, 15) is 15.0 Å². The van der Waals surface area contributed by atoms with Crippen LogP contribution in [0.3, 0.4) is 0 Å². The van der Waals surface area contributed by atoms with Crippen LogP contribution < -0.4 is 0 Å². The van der Waals surface area contributed by atoms with Crippen LogP contribution in [0.4, 0.5) is 0 Å². The predicted octanol–water partition coefficient (Wildman–Crippen LogP) is 2.76. The molecule has 3 saturated heterocycles. The summed E-state index contributed by atoms with van der Waals surface area (Å²) in [5, 5.41) is 21.7. The standard InChI is InChI=1S/C24H40O7/c1-14(9-7-6-8-10-25)15(2)17(26)11-19-22(27)16(3)23-20(29-19)12-18-21(30-23)13-28-24(4,5)31-18/h10,14,16-23,26-27H,2,6-9,11-13H2,1,3-5H3/t14-,16-,17?,18-,19?,20+,21-,22-,23+/m1/s1. The highest BCUT2D eigenvalue weighted by atomic mass is 16.7. The van der Waals surface area contributed by atoms with Gasteiger partial charge in [0.1, 0.15) is 12.4 Å². The number of rotatable bonds is 9. The number of fused-ring (bicyclic) bond motifs is 2. The lowest BCUT2D eigenvalue weighted by molar-refractivity contribution is -0.355. The highest BCUT2D eigenvalue weighted by Gasteiger charge is 2.52. The molecule has 3 rings (SSSR count). The molecule has 178 valence electrons. The maximum atomic E-state index is 10.9. The van der Waals surface area contributed by atoms with E-state index in [1.807, 2.05) is 27.7 Å². The Labute approximate surface area is 186 Å². The topological polar surface area (TPSA) is 94.5 Å². The number of carbonyl (C=O) groups excluding carboxylic acids is 1. The minimum atomic E-state index is -0.750. The fourth-order valence-electron chi connectivity index (χ4n) is 5.04. The highest BCUT2D eigenvalue weighted by molar-refractivity contribution is 5.48. The van der Waals surface area contributed by atoms with E-state index in [1.165, 1.54) is 0 Å².